The quantitative estimate of drug-likeness (QED) is 0.865. The Bertz CT molecular complexity index is 649. The number of carboxylic acids is 1. The molecule has 1 saturated heterocycles. The molecular weight excluding hydrogens is 310 g/mol. The fourth-order valence-corrected chi connectivity index (χ4v) is 5.08. The Morgan fingerprint density at radius 1 is 1.38 bits per heavy atom. The van der Waals surface area contributed by atoms with Crippen LogP contribution in [0.1, 0.15) is 34.3 Å². The second-order valence-electron chi connectivity index (χ2n) is 5.22. The van der Waals surface area contributed by atoms with Gasteiger partial charge < -0.3 is 5.11 Å². The minimum atomic E-state index is -3.68. The van der Waals surface area contributed by atoms with Crippen LogP contribution in [0.2, 0.25) is 0 Å². The van der Waals surface area contributed by atoms with Gasteiger partial charge in [-0.2, -0.15) is 11.8 Å². The minimum absolute atomic E-state index is 0.0243. The monoisotopic (exact) mass is 329 g/mol. The number of carbonyl (C=O) groups is 1. The molecule has 1 heterocycles. The van der Waals surface area contributed by atoms with Crippen molar-refractivity contribution in [1.29, 1.82) is 0 Å². The summed E-state index contributed by atoms with van der Waals surface area (Å²) in [4.78, 5) is 11.2. The van der Waals surface area contributed by atoms with Crippen LogP contribution in [0.4, 0.5) is 0 Å². The molecule has 116 valence electrons. The maximum atomic E-state index is 12.4. The first kappa shape index (κ1) is 16.3. The van der Waals surface area contributed by atoms with E-state index in [1.54, 1.807) is 31.7 Å². The summed E-state index contributed by atoms with van der Waals surface area (Å²) in [5, 5.41) is 9.44. The topological polar surface area (TPSA) is 83.5 Å². The molecule has 1 aromatic carbocycles. The minimum Gasteiger partial charge on any atom is -0.478 e. The van der Waals surface area contributed by atoms with E-state index < -0.39 is 16.0 Å². The molecular formula is C14H19NO4S2. The Morgan fingerprint density at radius 3 is 2.67 bits per heavy atom. The molecule has 0 spiro atoms. The molecule has 2 N–H and O–H groups in total. The molecule has 21 heavy (non-hydrogen) atoms. The molecule has 0 radical (unpaired) electrons. The van der Waals surface area contributed by atoms with E-state index in [9.17, 15) is 13.2 Å². The molecule has 1 unspecified atom stereocenters. The second-order valence-corrected chi connectivity index (χ2v) is 8.37. The van der Waals surface area contributed by atoms with Crippen LogP contribution < -0.4 is 4.72 Å². The van der Waals surface area contributed by atoms with E-state index in [1.807, 2.05) is 0 Å². The van der Waals surface area contributed by atoms with Gasteiger partial charge in [0.25, 0.3) is 0 Å². The maximum absolute atomic E-state index is 12.4. The van der Waals surface area contributed by atoms with Gasteiger partial charge in [0.05, 0.1) is 10.5 Å². The number of aryl methyl sites for hydroxylation is 2. The summed E-state index contributed by atoms with van der Waals surface area (Å²) in [5.41, 5.74) is 1.14. The third-order valence-corrected chi connectivity index (χ3v) is 6.53. The van der Waals surface area contributed by atoms with Crippen LogP contribution in [0.3, 0.4) is 0 Å². The molecule has 1 atom stereocenters. The lowest BCUT2D eigenvalue weighted by Gasteiger charge is -2.14. The number of sulfonamides is 1. The summed E-state index contributed by atoms with van der Waals surface area (Å²) in [6, 6.07) is 2.85. The molecule has 1 aliphatic heterocycles. The maximum Gasteiger partial charge on any atom is 0.335 e. The van der Waals surface area contributed by atoms with Crippen LogP contribution in [-0.4, -0.2) is 37.0 Å². The van der Waals surface area contributed by atoms with Crippen molar-refractivity contribution in [3.8, 4) is 0 Å². The second kappa shape index (κ2) is 6.37. The van der Waals surface area contributed by atoms with Crippen molar-refractivity contribution in [2.45, 2.75) is 36.8 Å². The highest BCUT2D eigenvalue weighted by atomic mass is 32.2. The number of rotatable bonds is 5. The lowest BCUT2D eigenvalue weighted by atomic mass is 10.1. The normalized spacial score (nSPS) is 18.9. The fraction of sp³-hybridized carbons (Fsp3) is 0.500. The van der Waals surface area contributed by atoms with Crippen molar-refractivity contribution >= 4 is 27.8 Å². The van der Waals surface area contributed by atoms with Crippen LogP contribution in [0, 0.1) is 13.8 Å². The summed E-state index contributed by atoms with van der Waals surface area (Å²) in [5.74, 6) is -0.0469. The van der Waals surface area contributed by atoms with Crippen molar-refractivity contribution < 1.29 is 18.3 Å². The van der Waals surface area contributed by atoms with Crippen LogP contribution in [0.5, 0.6) is 0 Å². The van der Waals surface area contributed by atoms with Gasteiger partial charge in [-0.3, -0.25) is 0 Å². The Balaban J connectivity index is 2.26. The molecule has 5 nitrogen and oxygen atoms in total. The fourth-order valence-electron chi connectivity index (χ4n) is 2.44. The molecule has 1 fully saturated rings. The highest BCUT2D eigenvalue weighted by Crippen LogP contribution is 2.26. The molecule has 2 rings (SSSR count). The lowest BCUT2D eigenvalue weighted by Crippen LogP contribution is -2.30. The zero-order valence-electron chi connectivity index (χ0n) is 12.0. The number of benzene rings is 1. The van der Waals surface area contributed by atoms with E-state index in [-0.39, 0.29) is 10.5 Å². The molecule has 7 heteroatoms. The average Bonchev–Trinajstić information content (AvgIpc) is 2.88. The highest BCUT2D eigenvalue weighted by Gasteiger charge is 2.23. The summed E-state index contributed by atoms with van der Waals surface area (Å²) in [6.07, 6.45) is 2.13. The Hall–Kier alpha value is -1.05. The third-order valence-electron chi connectivity index (χ3n) is 3.57. The molecule has 0 amide bonds. The van der Waals surface area contributed by atoms with Crippen LogP contribution >= 0.6 is 11.8 Å². The van der Waals surface area contributed by atoms with Gasteiger partial charge >= 0.3 is 5.97 Å². The van der Waals surface area contributed by atoms with Gasteiger partial charge in [-0.25, -0.2) is 17.9 Å². The van der Waals surface area contributed by atoms with Gasteiger partial charge in [-0.05, 0) is 49.6 Å². The molecule has 1 aromatic rings. The Morgan fingerprint density at radius 2 is 2.10 bits per heavy atom. The smallest absolute Gasteiger partial charge is 0.335 e. The van der Waals surface area contributed by atoms with E-state index in [0.717, 1.165) is 18.6 Å². The molecule has 0 saturated carbocycles. The van der Waals surface area contributed by atoms with Crippen LogP contribution in [0.25, 0.3) is 0 Å². The number of nitrogens with one attached hydrogen (secondary N) is 1. The zero-order chi connectivity index (χ0) is 15.6. The van der Waals surface area contributed by atoms with Crippen molar-refractivity contribution in [1.82, 2.24) is 4.72 Å². The van der Waals surface area contributed by atoms with Crippen LogP contribution in [0.15, 0.2) is 17.0 Å². The van der Waals surface area contributed by atoms with Gasteiger partial charge in [0, 0.05) is 11.8 Å². The number of carboxylic acid groups (broad SMARTS) is 1. The molecule has 0 aliphatic carbocycles. The number of thioether (sulfide) groups is 1. The van der Waals surface area contributed by atoms with Crippen molar-refractivity contribution in [2.24, 2.45) is 0 Å². The van der Waals surface area contributed by atoms with Gasteiger partial charge in [-0.15, -0.1) is 0 Å². The number of hydrogen-bond acceptors (Lipinski definition) is 4. The Kier molecular flexibility index (Phi) is 4.95. The van der Waals surface area contributed by atoms with Crippen molar-refractivity contribution in [3.63, 3.8) is 0 Å². The van der Waals surface area contributed by atoms with E-state index in [1.165, 1.54) is 6.07 Å². The van der Waals surface area contributed by atoms with Crippen molar-refractivity contribution in [3.05, 3.63) is 28.8 Å². The third kappa shape index (κ3) is 3.78. The first-order valence-electron chi connectivity index (χ1n) is 6.77. The summed E-state index contributed by atoms with van der Waals surface area (Å²) >= 11 is 1.77. The van der Waals surface area contributed by atoms with E-state index in [2.05, 4.69) is 4.72 Å². The van der Waals surface area contributed by atoms with Crippen molar-refractivity contribution in [2.75, 3.05) is 12.3 Å². The van der Waals surface area contributed by atoms with Gasteiger partial charge in [0.1, 0.15) is 0 Å². The Labute approximate surface area is 129 Å². The van der Waals surface area contributed by atoms with E-state index >= 15 is 0 Å². The first-order valence-corrected chi connectivity index (χ1v) is 9.30. The first-order chi connectivity index (χ1) is 9.81. The van der Waals surface area contributed by atoms with Gasteiger partial charge in [-0.1, -0.05) is 6.07 Å². The number of aromatic carboxylic acids is 1. The zero-order valence-corrected chi connectivity index (χ0v) is 13.7. The predicted octanol–water partition coefficient (Wildman–Crippen LogP) is 2.18. The summed E-state index contributed by atoms with van der Waals surface area (Å²) < 4.78 is 27.4. The molecule has 0 aromatic heterocycles. The predicted molar refractivity (Wildman–Crippen MR) is 83.5 cm³/mol. The average molecular weight is 329 g/mol. The largest absolute Gasteiger partial charge is 0.478 e. The standard InChI is InChI=1S/C14H19NO4S2/c1-9-6-10(2)13(7-12(9)14(16)17)21(18,19)15-8-11-4-3-5-20-11/h6-7,11,15H,3-5,8H2,1-2H3,(H,16,17). The SMILES string of the molecule is Cc1cc(C)c(S(=O)(=O)NCC2CCCS2)cc1C(=O)O. The highest BCUT2D eigenvalue weighted by molar-refractivity contribution is 8.00. The molecule has 1 aliphatic rings. The summed E-state index contributed by atoms with van der Waals surface area (Å²) in [7, 11) is -3.68. The lowest BCUT2D eigenvalue weighted by molar-refractivity contribution is 0.0696. The van der Waals surface area contributed by atoms with E-state index in [4.69, 9.17) is 5.11 Å². The number of hydrogen-bond donors (Lipinski definition) is 2. The van der Waals surface area contributed by atoms with E-state index in [0.29, 0.717) is 22.9 Å². The molecule has 0 bridgehead atoms. The summed E-state index contributed by atoms with van der Waals surface area (Å²) in [6.45, 7) is 3.73. The van der Waals surface area contributed by atoms with Gasteiger partial charge in [0.2, 0.25) is 10.0 Å². The van der Waals surface area contributed by atoms with Crippen LogP contribution in [-0.2, 0) is 10.0 Å². The van der Waals surface area contributed by atoms with Gasteiger partial charge in [0.15, 0.2) is 0 Å².